The van der Waals surface area contributed by atoms with Crippen LogP contribution in [0.3, 0.4) is 0 Å². The zero-order valence-corrected chi connectivity index (χ0v) is 8.12. The van der Waals surface area contributed by atoms with Crippen LogP contribution in [0.1, 0.15) is 0 Å². The van der Waals surface area contributed by atoms with Crippen LogP contribution < -0.4 is 5.32 Å². The summed E-state index contributed by atoms with van der Waals surface area (Å²) in [5.74, 6) is 0. The fraction of sp³-hybridized carbons (Fsp3) is 0. The van der Waals surface area contributed by atoms with E-state index in [1.54, 1.807) is 18.2 Å². The topological polar surface area (TPSA) is 59.6 Å². The minimum atomic E-state index is 0.0366. The van der Waals surface area contributed by atoms with E-state index >= 15 is 0 Å². The largest absolute Gasteiger partial charge is 0.360 e. The average Bonchev–Trinajstić information content (AvgIpc) is 2.19. The highest BCUT2D eigenvalue weighted by atomic mass is 32.1. The van der Waals surface area contributed by atoms with Crippen LogP contribution in [0.2, 0.25) is 0 Å². The van der Waals surface area contributed by atoms with Crippen molar-refractivity contribution in [2.24, 2.45) is 0 Å². The molecule has 0 aliphatic rings. The van der Waals surface area contributed by atoms with Gasteiger partial charge >= 0.3 is 0 Å². The van der Waals surface area contributed by atoms with Crippen molar-refractivity contribution in [3.05, 3.63) is 36.0 Å². The number of benzene rings is 1. The molecule has 1 aromatic rings. The second kappa shape index (κ2) is 4.96. The SMILES string of the molecule is N#CC(C#N)=CNc1cccc(S)c1. The molecule has 0 unspecified atom stereocenters. The number of thiol groups is 1. The van der Waals surface area contributed by atoms with Gasteiger partial charge in [-0.25, -0.2) is 0 Å². The lowest BCUT2D eigenvalue weighted by Gasteiger charge is -2.00. The summed E-state index contributed by atoms with van der Waals surface area (Å²) < 4.78 is 0. The third-order valence-electron chi connectivity index (χ3n) is 1.47. The third-order valence-corrected chi connectivity index (χ3v) is 1.75. The molecule has 0 fully saturated rings. The molecule has 0 heterocycles. The van der Waals surface area contributed by atoms with Crippen LogP contribution >= 0.6 is 12.6 Å². The molecule has 0 amide bonds. The molecule has 3 nitrogen and oxygen atoms in total. The molecule has 0 saturated carbocycles. The first-order chi connectivity index (χ1) is 6.76. The van der Waals surface area contributed by atoms with Gasteiger partial charge in [0, 0.05) is 16.8 Å². The number of hydrogen-bond donors (Lipinski definition) is 2. The van der Waals surface area contributed by atoms with Gasteiger partial charge in [0.2, 0.25) is 0 Å². The Labute approximate surface area is 87.7 Å². The van der Waals surface area contributed by atoms with E-state index in [0.717, 1.165) is 10.6 Å². The van der Waals surface area contributed by atoms with Gasteiger partial charge < -0.3 is 5.32 Å². The van der Waals surface area contributed by atoms with Crippen molar-refractivity contribution < 1.29 is 0 Å². The van der Waals surface area contributed by atoms with E-state index in [4.69, 9.17) is 10.5 Å². The Balaban J connectivity index is 2.77. The minimum Gasteiger partial charge on any atom is -0.360 e. The summed E-state index contributed by atoms with van der Waals surface area (Å²) in [6.07, 6.45) is 1.36. The molecular weight excluding hydrogens is 194 g/mol. The number of hydrogen-bond acceptors (Lipinski definition) is 4. The maximum Gasteiger partial charge on any atom is 0.145 e. The first-order valence-corrected chi connectivity index (χ1v) is 4.27. The maximum atomic E-state index is 8.46. The molecule has 0 spiro atoms. The zero-order chi connectivity index (χ0) is 10.4. The van der Waals surface area contributed by atoms with E-state index in [1.807, 2.05) is 18.2 Å². The van der Waals surface area contributed by atoms with Crippen molar-refractivity contribution in [3.63, 3.8) is 0 Å². The first-order valence-electron chi connectivity index (χ1n) is 3.82. The van der Waals surface area contributed by atoms with Crippen molar-refractivity contribution in [3.8, 4) is 12.1 Å². The summed E-state index contributed by atoms with van der Waals surface area (Å²) in [4.78, 5) is 0.818. The van der Waals surface area contributed by atoms with Crippen LogP contribution in [0, 0.1) is 22.7 Å². The molecule has 14 heavy (non-hydrogen) atoms. The van der Waals surface area contributed by atoms with E-state index in [0.29, 0.717) is 0 Å². The van der Waals surface area contributed by atoms with Crippen LogP contribution in [-0.4, -0.2) is 0 Å². The highest BCUT2D eigenvalue weighted by Crippen LogP contribution is 2.13. The smallest absolute Gasteiger partial charge is 0.145 e. The lowest BCUT2D eigenvalue weighted by atomic mass is 10.3. The summed E-state index contributed by atoms with van der Waals surface area (Å²) in [6.45, 7) is 0. The Morgan fingerprint density at radius 1 is 1.36 bits per heavy atom. The van der Waals surface area contributed by atoms with E-state index in [-0.39, 0.29) is 5.57 Å². The van der Waals surface area contributed by atoms with Gasteiger partial charge in [0.05, 0.1) is 0 Å². The van der Waals surface area contributed by atoms with Crippen LogP contribution in [0.15, 0.2) is 40.9 Å². The molecule has 0 aromatic heterocycles. The number of anilines is 1. The standard InChI is InChI=1S/C10H7N3S/c11-5-8(6-12)7-13-9-2-1-3-10(14)4-9/h1-4,7,13-14H. The highest BCUT2D eigenvalue weighted by molar-refractivity contribution is 7.80. The monoisotopic (exact) mass is 201 g/mol. The first kappa shape index (κ1) is 10.2. The number of nitrogens with zero attached hydrogens (tertiary/aromatic N) is 2. The van der Waals surface area contributed by atoms with Gasteiger partial charge in [-0.3, -0.25) is 0 Å². The molecule has 0 aliphatic heterocycles. The summed E-state index contributed by atoms with van der Waals surface area (Å²) in [5, 5.41) is 19.8. The van der Waals surface area contributed by atoms with Gasteiger partial charge in [-0.05, 0) is 18.2 Å². The molecule has 4 heteroatoms. The molecule has 0 bridgehead atoms. The highest BCUT2D eigenvalue weighted by Gasteiger charge is 1.92. The molecular formula is C10H7N3S. The van der Waals surface area contributed by atoms with Gasteiger partial charge in [0.15, 0.2) is 0 Å². The van der Waals surface area contributed by atoms with Gasteiger partial charge in [-0.2, -0.15) is 10.5 Å². The second-order valence-electron chi connectivity index (χ2n) is 2.48. The van der Waals surface area contributed by atoms with E-state index in [1.165, 1.54) is 6.20 Å². The molecule has 1 rings (SSSR count). The van der Waals surface area contributed by atoms with Crippen LogP contribution in [0.5, 0.6) is 0 Å². The lowest BCUT2D eigenvalue weighted by Crippen LogP contribution is -1.89. The van der Waals surface area contributed by atoms with E-state index in [9.17, 15) is 0 Å². The Kier molecular flexibility index (Phi) is 3.60. The van der Waals surface area contributed by atoms with Crippen molar-refractivity contribution in [2.45, 2.75) is 4.90 Å². The number of nitriles is 2. The maximum absolute atomic E-state index is 8.46. The third kappa shape index (κ3) is 2.85. The second-order valence-corrected chi connectivity index (χ2v) is 2.99. The van der Waals surface area contributed by atoms with Crippen LogP contribution in [0.25, 0.3) is 0 Å². The fourth-order valence-corrected chi connectivity index (χ4v) is 1.07. The molecule has 1 N–H and O–H groups in total. The van der Waals surface area contributed by atoms with Crippen LogP contribution in [-0.2, 0) is 0 Å². The quantitative estimate of drug-likeness (QED) is 0.570. The average molecular weight is 201 g/mol. The van der Waals surface area contributed by atoms with Crippen molar-refractivity contribution in [1.82, 2.24) is 0 Å². The van der Waals surface area contributed by atoms with E-state index < -0.39 is 0 Å². The van der Waals surface area contributed by atoms with Crippen LogP contribution in [0.4, 0.5) is 5.69 Å². The fourth-order valence-electron chi connectivity index (χ4n) is 0.841. The van der Waals surface area contributed by atoms with Crippen molar-refractivity contribution in [1.29, 1.82) is 10.5 Å². The molecule has 0 radical (unpaired) electrons. The summed E-state index contributed by atoms with van der Waals surface area (Å²) in [6, 6.07) is 10.8. The Bertz CT molecular complexity index is 421. The Hall–Kier alpha value is -1.91. The van der Waals surface area contributed by atoms with Gasteiger partial charge in [-0.15, -0.1) is 12.6 Å². The van der Waals surface area contributed by atoms with Crippen molar-refractivity contribution >= 4 is 18.3 Å². The van der Waals surface area contributed by atoms with E-state index in [2.05, 4.69) is 17.9 Å². The lowest BCUT2D eigenvalue weighted by molar-refractivity contribution is 1.42. The summed E-state index contributed by atoms with van der Waals surface area (Å²) in [7, 11) is 0. The van der Waals surface area contributed by atoms with Gasteiger partial charge in [0.1, 0.15) is 17.7 Å². The predicted molar refractivity (Wildman–Crippen MR) is 56.6 cm³/mol. The molecule has 0 aliphatic carbocycles. The minimum absolute atomic E-state index is 0.0366. The number of allylic oxidation sites excluding steroid dienone is 1. The van der Waals surface area contributed by atoms with Gasteiger partial charge in [0.25, 0.3) is 0 Å². The molecule has 68 valence electrons. The predicted octanol–water partition coefficient (Wildman–Crippen LogP) is 2.32. The Morgan fingerprint density at radius 2 is 2.07 bits per heavy atom. The zero-order valence-electron chi connectivity index (χ0n) is 7.23. The number of nitrogens with one attached hydrogen (secondary N) is 1. The molecule has 0 saturated heterocycles. The van der Waals surface area contributed by atoms with Crippen molar-refractivity contribution in [2.75, 3.05) is 5.32 Å². The summed E-state index contributed by atoms with van der Waals surface area (Å²) >= 11 is 4.15. The molecule has 0 atom stereocenters. The van der Waals surface area contributed by atoms with Gasteiger partial charge in [-0.1, -0.05) is 6.07 Å². The Morgan fingerprint density at radius 3 is 2.64 bits per heavy atom. The summed E-state index contributed by atoms with van der Waals surface area (Å²) in [5.41, 5.74) is 0.829. The normalized spacial score (nSPS) is 8.21. The number of rotatable bonds is 2. The molecule has 1 aromatic carbocycles.